The molecule has 0 radical (unpaired) electrons. The second-order valence-corrected chi connectivity index (χ2v) is 6.97. The number of carbonyl (C=O) groups excluding carboxylic acids is 2. The van der Waals surface area contributed by atoms with E-state index in [9.17, 15) is 9.59 Å². The first kappa shape index (κ1) is 17.8. The number of nitriles is 1. The monoisotopic (exact) mass is 372 g/mol. The van der Waals surface area contributed by atoms with E-state index in [1.807, 2.05) is 30.3 Å². The molecule has 2 amide bonds. The molecule has 4 rings (SSSR count). The second kappa shape index (κ2) is 7.57. The van der Waals surface area contributed by atoms with Crippen LogP contribution in [0.1, 0.15) is 36.6 Å². The van der Waals surface area contributed by atoms with Crippen LogP contribution in [0.4, 0.5) is 5.69 Å². The third kappa shape index (κ3) is 3.47. The van der Waals surface area contributed by atoms with Crippen molar-refractivity contribution in [3.05, 3.63) is 65.9 Å². The zero-order valence-corrected chi connectivity index (χ0v) is 15.3. The molecule has 1 aliphatic heterocycles. The standard InChI is InChI=1S/C22H20N4O2/c23-14-15-6-5-8-17(12-15)24-21(27)22(28)26-11-4-3-10-20(26)19-13-16-7-1-2-9-18(16)25-19/h1-2,5-9,12-13,20,25H,3-4,10-11H2,(H,24,27). The number of hydrogen-bond acceptors (Lipinski definition) is 3. The maximum Gasteiger partial charge on any atom is 0.313 e. The van der Waals surface area contributed by atoms with Crippen LogP contribution in [0.5, 0.6) is 0 Å². The van der Waals surface area contributed by atoms with E-state index in [-0.39, 0.29) is 6.04 Å². The lowest BCUT2D eigenvalue weighted by molar-refractivity contribution is -0.145. The van der Waals surface area contributed by atoms with Crippen LogP contribution < -0.4 is 5.32 Å². The van der Waals surface area contributed by atoms with Crippen LogP contribution >= 0.6 is 0 Å². The quantitative estimate of drug-likeness (QED) is 0.672. The fraction of sp³-hybridized carbons (Fsp3) is 0.227. The van der Waals surface area contributed by atoms with Gasteiger partial charge in [0.15, 0.2) is 0 Å². The van der Waals surface area contributed by atoms with E-state index < -0.39 is 11.8 Å². The first-order valence-electron chi connectivity index (χ1n) is 9.35. The highest BCUT2D eigenvalue weighted by Crippen LogP contribution is 2.32. The van der Waals surface area contributed by atoms with Gasteiger partial charge < -0.3 is 15.2 Å². The molecule has 140 valence electrons. The fourth-order valence-electron chi connectivity index (χ4n) is 3.75. The van der Waals surface area contributed by atoms with Crippen LogP contribution in [0.15, 0.2) is 54.6 Å². The molecule has 0 bridgehead atoms. The maximum atomic E-state index is 12.9. The molecule has 6 nitrogen and oxygen atoms in total. The Bertz CT molecular complexity index is 1050. The summed E-state index contributed by atoms with van der Waals surface area (Å²) in [4.78, 5) is 30.5. The van der Waals surface area contributed by atoms with Crippen molar-refractivity contribution in [2.24, 2.45) is 0 Å². The lowest BCUT2D eigenvalue weighted by Gasteiger charge is -2.34. The van der Waals surface area contributed by atoms with Gasteiger partial charge in [0, 0.05) is 23.4 Å². The summed E-state index contributed by atoms with van der Waals surface area (Å²) in [5, 5.41) is 12.7. The van der Waals surface area contributed by atoms with Gasteiger partial charge in [-0.15, -0.1) is 0 Å². The molecule has 1 unspecified atom stereocenters. The van der Waals surface area contributed by atoms with Crippen molar-refractivity contribution in [3.8, 4) is 6.07 Å². The largest absolute Gasteiger partial charge is 0.357 e. The van der Waals surface area contributed by atoms with Crippen molar-refractivity contribution < 1.29 is 9.59 Å². The molecule has 28 heavy (non-hydrogen) atoms. The third-order valence-electron chi connectivity index (χ3n) is 5.12. The number of hydrogen-bond donors (Lipinski definition) is 2. The number of nitrogens with zero attached hydrogens (tertiary/aromatic N) is 2. The predicted octanol–water partition coefficient (Wildman–Crippen LogP) is 3.73. The van der Waals surface area contributed by atoms with Crippen LogP contribution in [0.2, 0.25) is 0 Å². The lowest BCUT2D eigenvalue weighted by Crippen LogP contribution is -2.44. The molecule has 1 fully saturated rings. The zero-order valence-electron chi connectivity index (χ0n) is 15.3. The number of aromatic nitrogens is 1. The minimum Gasteiger partial charge on any atom is -0.357 e. The molecular weight excluding hydrogens is 352 g/mol. The van der Waals surface area contributed by atoms with E-state index >= 15 is 0 Å². The number of aromatic amines is 1. The number of nitrogens with one attached hydrogen (secondary N) is 2. The molecule has 1 saturated heterocycles. The molecule has 0 saturated carbocycles. The Labute approximate surface area is 162 Å². The number of piperidine rings is 1. The molecule has 1 aromatic heterocycles. The van der Waals surface area contributed by atoms with Gasteiger partial charge in [-0.2, -0.15) is 5.26 Å². The summed E-state index contributed by atoms with van der Waals surface area (Å²) in [6, 6.07) is 18.4. The normalized spacial score (nSPS) is 16.5. The molecule has 2 aromatic carbocycles. The number of anilines is 1. The highest BCUT2D eigenvalue weighted by Gasteiger charge is 2.32. The molecule has 1 atom stereocenters. The number of carbonyl (C=O) groups is 2. The Hall–Kier alpha value is -3.59. The van der Waals surface area contributed by atoms with Crippen LogP contribution in [0.3, 0.4) is 0 Å². The van der Waals surface area contributed by atoms with Crippen molar-refractivity contribution in [2.45, 2.75) is 25.3 Å². The van der Waals surface area contributed by atoms with Crippen LogP contribution in [0.25, 0.3) is 10.9 Å². The van der Waals surface area contributed by atoms with Crippen molar-refractivity contribution in [1.29, 1.82) is 5.26 Å². The van der Waals surface area contributed by atoms with E-state index in [1.165, 1.54) is 0 Å². The SMILES string of the molecule is N#Cc1cccc(NC(=O)C(=O)N2CCCCC2c2cc3ccccc3[nH]2)c1. The summed E-state index contributed by atoms with van der Waals surface area (Å²) in [5.74, 6) is -1.23. The van der Waals surface area contributed by atoms with Gasteiger partial charge in [-0.05, 0) is 55.0 Å². The average Bonchev–Trinajstić information content (AvgIpc) is 3.17. The van der Waals surface area contributed by atoms with Crippen molar-refractivity contribution in [2.75, 3.05) is 11.9 Å². The molecule has 2 N–H and O–H groups in total. The number of H-pyrrole nitrogens is 1. The third-order valence-corrected chi connectivity index (χ3v) is 5.12. The Morgan fingerprint density at radius 3 is 2.79 bits per heavy atom. The average molecular weight is 372 g/mol. The molecule has 1 aliphatic rings. The van der Waals surface area contributed by atoms with E-state index in [0.29, 0.717) is 17.8 Å². The summed E-state index contributed by atoms with van der Waals surface area (Å²) in [7, 11) is 0. The number of para-hydroxylation sites is 1. The number of amides is 2. The summed E-state index contributed by atoms with van der Waals surface area (Å²) < 4.78 is 0. The minimum atomic E-state index is -0.682. The minimum absolute atomic E-state index is 0.148. The Kier molecular flexibility index (Phi) is 4.81. The molecule has 6 heteroatoms. The molecular formula is C22H20N4O2. The van der Waals surface area contributed by atoms with Gasteiger partial charge in [-0.25, -0.2) is 0 Å². The summed E-state index contributed by atoms with van der Waals surface area (Å²) in [6.07, 6.45) is 2.70. The summed E-state index contributed by atoms with van der Waals surface area (Å²) in [5.41, 5.74) is 2.84. The smallest absolute Gasteiger partial charge is 0.313 e. The highest BCUT2D eigenvalue weighted by atomic mass is 16.2. The van der Waals surface area contributed by atoms with Crippen LogP contribution in [-0.2, 0) is 9.59 Å². The van der Waals surface area contributed by atoms with Gasteiger partial charge >= 0.3 is 11.8 Å². The van der Waals surface area contributed by atoms with E-state index in [2.05, 4.69) is 16.4 Å². The molecule has 2 heterocycles. The van der Waals surface area contributed by atoms with E-state index in [4.69, 9.17) is 5.26 Å². The number of benzene rings is 2. The predicted molar refractivity (Wildman–Crippen MR) is 106 cm³/mol. The Morgan fingerprint density at radius 1 is 1.11 bits per heavy atom. The van der Waals surface area contributed by atoms with Crippen molar-refractivity contribution in [1.82, 2.24) is 9.88 Å². The zero-order chi connectivity index (χ0) is 19.5. The van der Waals surface area contributed by atoms with Gasteiger partial charge in [0.05, 0.1) is 17.7 Å². The first-order valence-corrected chi connectivity index (χ1v) is 9.35. The van der Waals surface area contributed by atoms with Crippen molar-refractivity contribution in [3.63, 3.8) is 0 Å². The van der Waals surface area contributed by atoms with E-state index in [1.54, 1.807) is 29.2 Å². The molecule has 0 aliphatic carbocycles. The first-order chi connectivity index (χ1) is 13.7. The number of fused-ring (bicyclic) bond motifs is 1. The molecule has 0 spiro atoms. The van der Waals surface area contributed by atoms with Gasteiger partial charge in [-0.3, -0.25) is 9.59 Å². The van der Waals surface area contributed by atoms with Gasteiger partial charge in [0.2, 0.25) is 0 Å². The second-order valence-electron chi connectivity index (χ2n) is 6.97. The Balaban J connectivity index is 1.55. The number of rotatable bonds is 2. The van der Waals surface area contributed by atoms with Gasteiger partial charge in [0.1, 0.15) is 0 Å². The van der Waals surface area contributed by atoms with E-state index in [0.717, 1.165) is 35.9 Å². The van der Waals surface area contributed by atoms with Crippen LogP contribution in [0, 0.1) is 11.3 Å². The lowest BCUT2D eigenvalue weighted by atomic mass is 9.99. The van der Waals surface area contributed by atoms with Gasteiger partial charge in [0.25, 0.3) is 0 Å². The van der Waals surface area contributed by atoms with Crippen molar-refractivity contribution >= 4 is 28.4 Å². The molecule has 3 aromatic rings. The van der Waals surface area contributed by atoms with Crippen LogP contribution in [-0.4, -0.2) is 28.2 Å². The Morgan fingerprint density at radius 2 is 1.96 bits per heavy atom. The summed E-state index contributed by atoms with van der Waals surface area (Å²) >= 11 is 0. The summed E-state index contributed by atoms with van der Waals surface area (Å²) in [6.45, 7) is 0.546. The highest BCUT2D eigenvalue weighted by molar-refractivity contribution is 6.39. The topological polar surface area (TPSA) is 89.0 Å². The fourth-order valence-corrected chi connectivity index (χ4v) is 3.75. The number of likely N-dealkylation sites (tertiary alicyclic amines) is 1. The van der Waals surface area contributed by atoms with Gasteiger partial charge in [-0.1, -0.05) is 24.3 Å². The maximum absolute atomic E-state index is 12.9.